The van der Waals surface area contributed by atoms with Gasteiger partial charge in [0.05, 0.1) is 35.7 Å². The summed E-state index contributed by atoms with van der Waals surface area (Å²) in [7, 11) is 0. The first-order valence-electron chi connectivity index (χ1n) is 10.6. The number of hydrogen-bond donors (Lipinski definition) is 1. The summed E-state index contributed by atoms with van der Waals surface area (Å²) in [4.78, 5) is 22.9. The van der Waals surface area contributed by atoms with E-state index in [1.165, 1.54) is 10.6 Å². The molecule has 0 aliphatic carbocycles. The van der Waals surface area contributed by atoms with E-state index in [4.69, 9.17) is 16.3 Å². The topological polar surface area (TPSA) is 63.1 Å². The van der Waals surface area contributed by atoms with E-state index in [1.54, 1.807) is 24.4 Å². The van der Waals surface area contributed by atoms with Crippen LogP contribution in [-0.2, 0) is 11.3 Å². The fraction of sp³-hybridized carbons (Fsp3) is 0.250. The highest BCUT2D eigenvalue weighted by atomic mass is 35.5. The fourth-order valence-corrected chi connectivity index (χ4v) is 4.82. The predicted octanol–water partition coefficient (Wildman–Crippen LogP) is 4.21. The highest BCUT2D eigenvalue weighted by molar-refractivity contribution is 6.30. The molecule has 1 aromatic carbocycles. The van der Waals surface area contributed by atoms with Gasteiger partial charge in [-0.05, 0) is 23.8 Å². The largest absolute Gasteiger partial charge is 0.371 e. The summed E-state index contributed by atoms with van der Waals surface area (Å²) in [5, 5.41) is 1.01. The van der Waals surface area contributed by atoms with Crippen molar-refractivity contribution in [3.8, 4) is 11.1 Å². The van der Waals surface area contributed by atoms with Crippen LogP contribution in [0.25, 0.3) is 22.2 Å². The Morgan fingerprint density at radius 1 is 1.22 bits per heavy atom. The molecule has 1 N–H and O–H groups in total. The predicted molar refractivity (Wildman–Crippen MR) is 122 cm³/mol. The van der Waals surface area contributed by atoms with Crippen LogP contribution in [0.3, 0.4) is 0 Å². The van der Waals surface area contributed by atoms with E-state index >= 15 is 0 Å². The summed E-state index contributed by atoms with van der Waals surface area (Å²) >= 11 is 5.87. The lowest BCUT2D eigenvalue weighted by Crippen LogP contribution is -2.57. The van der Waals surface area contributed by atoms with Gasteiger partial charge < -0.3 is 19.2 Å². The summed E-state index contributed by atoms with van der Waals surface area (Å²) in [5.74, 6) is -0.499. The molecule has 32 heavy (non-hydrogen) atoms. The molecular formula is C24H20ClFN4O2. The second-order valence-electron chi connectivity index (χ2n) is 8.41. The number of nitrogens with one attached hydrogen (secondary N) is 1. The molecule has 0 amide bonds. The fourth-order valence-electron chi connectivity index (χ4n) is 4.63. The lowest BCUT2D eigenvalue weighted by atomic mass is 9.98. The number of H-pyrrole nitrogens is 1. The number of benzene rings is 1. The Labute approximate surface area is 188 Å². The van der Waals surface area contributed by atoms with Crippen molar-refractivity contribution in [3.05, 3.63) is 81.7 Å². The summed E-state index contributed by atoms with van der Waals surface area (Å²) in [6.07, 6.45) is 7.19. The number of aromatic amines is 1. The molecule has 0 spiro atoms. The Kier molecular flexibility index (Phi) is 4.55. The summed E-state index contributed by atoms with van der Waals surface area (Å²) in [5.41, 5.74) is 3.68. The van der Waals surface area contributed by atoms with Crippen LogP contribution in [0.5, 0.6) is 0 Å². The number of morpholine rings is 1. The summed E-state index contributed by atoms with van der Waals surface area (Å²) < 4.78 is 21.5. The van der Waals surface area contributed by atoms with Gasteiger partial charge in [0.25, 0.3) is 5.56 Å². The molecule has 6 heterocycles. The second-order valence-corrected chi connectivity index (χ2v) is 8.81. The van der Waals surface area contributed by atoms with Crippen molar-refractivity contribution in [2.45, 2.75) is 25.2 Å². The third-order valence-electron chi connectivity index (χ3n) is 6.32. The molecule has 0 radical (unpaired) electrons. The van der Waals surface area contributed by atoms with Gasteiger partial charge in [-0.15, -0.1) is 0 Å². The normalized spacial score (nSPS) is 19.9. The van der Waals surface area contributed by atoms with Gasteiger partial charge in [-0.1, -0.05) is 23.7 Å². The standard InChI is InChI=1S/C24H20ClFN4O2/c25-21-3-1-2-15(23(21)26)11-29-5-4-14(6-22(29)31)20-10-28-24-19(20)7-16(9-27-24)30-12-17-8-18(13-30)32-17/h1-7,9-10,17-18H,8,11-13H2,(H,27,28). The molecule has 3 fully saturated rings. The first-order valence-corrected chi connectivity index (χ1v) is 10.9. The van der Waals surface area contributed by atoms with E-state index in [-0.39, 0.29) is 17.1 Å². The Bertz CT molecular complexity index is 1380. The number of ether oxygens (including phenoxy) is 1. The maximum Gasteiger partial charge on any atom is 0.251 e. The number of halogens is 2. The molecule has 3 aliphatic heterocycles. The molecule has 2 atom stereocenters. The molecule has 6 nitrogen and oxygen atoms in total. The van der Waals surface area contributed by atoms with Gasteiger partial charge >= 0.3 is 0 Å². The second kappa shape index (κ2) is 7.46. The van der Waals surface area contributed by atoms with Gasteiger partial charge in [-0.25, -0.2) is 9.37 Å². The molecule has 8 heteroatoms. The highest BCUT2D eigenvalue weighted by Crippen LogP contribution is 2.34. The molecule has 2 bridgehead atoms. The molecule has 3 saturated heterocycles. The van der Waals surface area contributed by atoms with Gasteiger partial charge in [0, 0.05) is 54.5 Å². The number of rotatable bonds is 4. The first kappa shape index (κ1) is 19.5. The minimum Gasteiger partial charge on any atom is -0.371 e. The number of nitrogens with zero attached hydrogens (tertiary/aromatic N) is 3. The average molecular weight is 451 g/mol. The molecular weight excluding hydrogens is 431 g/mol. The van der Waals surface area contributed by atoms with Crippen LogP contribution in [0.1, 0.15) is 12.0 Å². The average Bonchev–Trinajstić information content (AvgIpc) is 3.21. The molecule has 0 saturated carbocycles. The van der Waals surface area contributed by atoms with Crippen molar-refractivity contribution >= 4 is 28.3 Å². The molecule has 2 unspecified atom stereocenters. The zero-order valence-corrected chi connectivity index (χ0v) is 17.8. The van der Waals surface area contributed by atoms with Crippen LogP contribution in [0, 0.1) is 5.82 Å². The van der Waals surface area contributed by atoms with E-state index < -0.39 is 5.82 Å². The number of piperidine rings is 1. The van der Waals surface area contributed by atoms with Crippen molar-refractivity contribution in [2.75, 3.05) is 18.0 Å². The van der Waals surface area contributed by atoms with Crippen molar-refractivity contribution in [3.63, 3.8) is 0 Å². The third-order valence-corrected chi connectivity index (χ3v) is 6.61. The van der Waals surface area contributed by atoms with Crippen molar-refractivity contribution < 1.29 is 9.13 Å². The van der Waals surface area contributed by atoms with Crippen LogP contribution in [0.15, 0.2) is 59.8 Å². The zero-order valence-electron chi connectivity index (χ0n) is 17.1. The smallest absolute Gasteiger partial charge is 0.251 e. The molecule has 3 aromatic heterocycles. The van der Waals surface area contributed by atoms with Crippen LogP contribution in [0.4, 0.5) is 10.1 Å². The third kappa shape index (κ3) is 3.29. The van der Waals surface area contributed by atoms with E-state index in [0.29, 0.717) is 17.8 Å². The van der Waals surface area contributed by atoms with Gasteiger partial charge in [0.1, 0.15) is 11.5 Å². The van der Waals surface area contributed by atoms with Gasteiger partial charge in [-0.3, -0.25) is 4.79 Å². The molecule has 3 aliphatic rings. The van der Waals surface area contributed by atoms with Crippen LogP contribution in [-0.4, -0.2) is 39.8 Å². The first-order chi connectivity index (χ1) is 15.5. The maximum atomic E-state index is 14.2. The highest BCUT2D eigenvalue weighted by Gasteiger charge is 2.38. The van der Waals surface area contributed by atoms with Gasteiger partial charge in [-0.2, -0.15) is 0 Å². The van der Waals surface area contributed by atoms with E-state index in [1.807, 2.05) is 18.5 Å². The lowest BCUT2D eigenvalue weighted by Gasteiger charge is -2.47. The van der Waals surface area contributed by atoms with E-state index in [0.717, 1.165) is 47.4 Å². The molecule has 4 aromatic rings. The minimum atomic E-state index is -0.499. The maximum absolute atomic E-state index is 14.2. The summed E-state index contributed by atoms with van der Waals surface area (Å²) in [6, 6.07) is 10.3. The van der Waals surface area contributed by atoms with Gasteiger partial charge in [0.15, 0.2) is 0 Å². The van der Waals surface area contributed by atoms with Crippen molar-refractivity contribution in [2.24, 2.45) is 0 Å². The Morgan fingerprint density at radius 3 is 2.81 bits per heavy atom. The number of fused-ring (bicyclic) bond motifs is 3. The van der Waals surface area contributed by atoms with E-state index in [2.05, 4.69) is 20.9 Å². The number of aromatic nitrogens is 3. The van der Waals surface area contributed by atoms with Crippen molar-refractivity contribution in [1.29, 1.82) is 0 Å². The van der Waals surface area contributed by atoms with Gasteiger partial charge in [0.2, 0.25) is 0 Å². The SMILES string of the molecule is O=c1cc(-c2c[nH]c3ncc(N4CC5CC(C4)O5)cc23)ccn1Cc1cccc(Cl)c1F. The minimum absolute atomic E-state index is 0.0480. The molecule has 7 rings (SSSR count). The number of anilines is 1. The Hall–Kier alpha value is -3.16. The lowest BCUT2D eigenvalue weighted by molar-refractivity contribution is -0.133. The van der Waals surface area contributed by atoms with Crippen LogP contribution < -0.4 is 10.5 Å². The van der Waals surface area contributed by atoms with Crippen LogP contribution in [0.2, 0.25) is 5.02 Å². The number of pyridine rings is 2. The Balaban J connectivity index is 1.32. The van der Waals surface area contributed by atoms with Crippen LogP contribution >= 0.6 is 11.6 Å². The number of hydrogen-bond acceptors (Lipinski definition) is 4. The summed E-state index contributed by atoms with van der Waals surface area (Å²) in [6.45, 7) is 1.86. The van der Waals surface area contributed by atoms with Crippen molar-refractivity contribution in [1.82, 2.24) is 14.5 Å². The quantitative estimate of drug-likeness (QED) is 0.506. The monoisotopic (exact) mass is 450 g/mol. The Morgan fingerprint density at radius 2 is 2.03 bits per heavy atom. The van der Waals surface area contributed by atoms with E-state index in [9.17, 15) is 9.18 Å². The molecule has 162 valence electrons. The zero-order chi connectivity index (χ0) is 21.8.